The Balaban J connectivity index is 1.74. The number of amides is 1. The Hall–Kier alpha value is -2.52. The average Bonchev–Trinajstić information content (AvgIpc) is 3.14. The molecule has 2 N–H and O–H groups in total. The summed E-state index contributed by atoms with van der Waals surface area (Å²) in [7, 11) is 1.52. The second kappa shape index (κ2) is 9.99. The van der Waals surface area contributed by atoms with Crippen LogP contribution in [0.1, 0.15) is 24.2 Å². The second-order valence-corrected chi connectivity index (χ2v) is 8.25. The van der Waals surface area contributed by atoms with Gasteiger partial charge in [-0.05, 0) is 30.4 Å². The van der Waals surface area contributed by atoms with Crippen LogP contribution in [-0.2, 0) is 6.54 Å². The molecule has 0 radical (unpaired) electrons. The molecule has 0 unspecified atom stereocenters. The van der Waals surface area contributed by atoms with Crippen LogP contribution in [0.3, 0.4) is 0 Å². The van der Waals surface area contributed by atoms with Crippen LogP contribution >= 0.6 is 23.4 Å². The lowest BCUT2D eigenvalue weighted by Gasteiger charge is -2.11. The Morgan fingerprint density at radius 3 is 2.83 bits per heavy atom. The average molecular weight is 449 g/mol. The number of ether oxygens (including phenoxy) is 1. The first-order chi connectivity index (χ1) is 14.4. The monoisotopic (exact) mass is 448 g/mol. The lowest BCUT2D eigenvalue weighted by molar-refractivity contribution is 0.0949. The number of benzene rings is 1. The summed E-state index contributed by atoms with van der Waals surface area (Å²) in [4.78, 5) is 21.7. The highest BCUT2D eigenvalue weighted by Crippen LogP contribution is 2.24. The highest BCUT2D eigenvalue weighted by atomic mass is 35.5. The van der Waals surface area contributed by atoms with Gasteiger partial charge in [0.05, 0.1) is 30.8 Å². The predicted octanol–water partition coefficient (Wildman–Crippen LogP) is 3.71. The van der Waals surface area contributed by atoms with Gasteiger partial charge in [-0.2, -0.15) is 5.10 Å². The summed E-state index contributed by atoms with van der Waals surface area (Å²) in [5.74, 6) is 1.47. The molecule has 8 nitrogen and oxygen atoms in total. The van der Waals surface area contributed by atoms with E-state index in [0.717, 1.165) is 23.4 Å². The maximum Gasteiger partial charge on any atom is 0.255 e. The van der Waals surface area contributed by atoms with Crippen molar-refractivity contribution in [1.82, 2.24) is 25.1 Å². The molecule has 2 aromatic heterocycles. The van der Waals surface area contributed by atoms with E-state index >= 15 is 0 Å². The molecular weight excluding hydrogens is 424 g/mol. The van der Waals surface area contributed by atoms with E-state index in [9.17, 15) is 4.79 Å². The molecule has 0 bridgehead atoms. The van der Waals surface area contributed by atoms with E-state index < -0.39 is 0 Å². The largest absolute Gasteiger partial charge is 0.496 e. The van der Waals surface area contributed by atoms with E-state index in [1.54, 1.807) is 29.1 Å². The van der Waals surface area contributed by atoms with E-state index in [-0.39, 0.29) is 5.91 Å². The summed E-state index contributed by atoms with van der Waals surface area (Å²) in [6, 6.07) is 4.94. The van der Waals surface area contributed by atoms with Crippen molar-refractivity contribution in [3.8, 4) is 5.75 Å². The molecule has 10 heteroatoms. The van der Waals surface area contributed by atoms with E-state index in [4.69, 9.17) is 16.3 Å². The topological polar surface area (TPSA) is 94.0 Å². The number of halogens is 1. The number of aromatic nitrogens is 4. The van der Waals surface area contributed by atoms with Crippen LogP contribution in [0.25, 0.3) is 11.0 Å². The fourth-order valence-corrected chi connectivity index (χ4v) is 3.39. The van der Waals surface area contributed by atoms with Crippen LogP contribution in [0.5, 0.6) is 5.75 Å². The van der Waals surface area contributed by atoms with Crippen LogP contribution < -0.4 is 15.4 Å². The minimum absolute atomic E-state index is 0.260. The van der Waals surface area contributed by atoms with Gasteiger partial charge in [0.15, 0.2) is 10.8 Å². The molecule has 0 fully saturated rings. The van der Waals surface area contributed by atoms with Crippen molar-refractivity contribution in [2.45, 2.75) is 25.5 Å². The Bertz CT molecular complexity index is 1040. The normalized spacial score (nSPS) is 11.1. The SMILES string of the molecule is COc1ccc(Cl)cc1C(=O)NCCn1ncc2c(NCC(C)C)nc(SC)nc21. The number of carbonyl (C=O) groups excluding carboxylic acids is 1. The summed E-state index contributed by atoms with van der Waals surface area (Å²) >= 11 is 7.49. The molecule has 0 saturated carbocycles. The van der Waals surface area contributed by atoms with Crippen LogP contribution in [0.15, 0.2) is 29.6 Å². The maximum atomic E-state index is 12.6. The number of thioether (sulfide) groups is 1. The molecular formula is C20H25ClN6O2S. The third-order valence-electron chi connectivity index (χ3n) is 4.35. The molecule has 0 saturated heterocycles. The van der Waals surface area contributed by atoms with Crippen LogP contribution in [-0.4, -0.2) is 52.1 Å². The number of rotatable bonds is 9. The molecule has 30 heavy (non-hydrogen) atoms. The van der Waals surface area contributed by atoms with Gasteiger partial charge in [-0.3, -0.25) is 4.79 Å². The van der Waals surface area contributed by atoms with Gasteiger partial charge in [0.2, 0.25) is 0 Å². The molecule has 160 valence electrons. The van der Waals surface area contributed by atoms with Crippen molar-refractivity contribution in [1.29, 1.82) is 0 Å². The van der Waals surface area contributed by atoms with Gasteiger partial charge in [0, 0.05) is 18.1 Å². The first-order valence-corrected chi connectivity index (χ1v) is 11.2. The molecule has 3 aromatic rings. The van der Waals surface area contributed by atoms with Crippen molar-refractivity contribution >= 4 is 46.1 Å². The number of carbonyl (C=O) groups is 1. The lowest BCUT2D eigenvalue weighted by Crippen LogP contribution is -2.28. The molecule has 0 spiro atoms. The Labute approximate surface area is 184 Å². The van der Waals surface area contributed by atoms with Gasteiger partial charge >= 0.3 is 0 Å². The summed E-state index contributed by atoms with van der Waals surface area (Å²) in [6.45, 7) is 5.93. The van der Waals surface area contributed by atoms with Gasteiger partial charge < -0.3 is 15.4 Å². The fourth-order valence-electron chi connectivity index (χ4n) is 2.85. The fraction of sp³-hybridized carbons (Fsp3) is 0.400. The quantitative estimate of drug-likeness (QED) is 0.380. The standard InChI is InChI=1S/C20H25ClN6O2S/c1-12(2)10-23-17-15-11-24-27(18(15)26-20(25-17)30-4)8-7-22-19(28)14-9-13(21)5-6-16(14)29-3/h5-6,9,11-12H,7-8,10H2,1-4H3,(H,22,28)(H,23,25,26). The van der Waals surface area contributed by atoms with Gasteiger partial charge in [0.25, 0.3) is 5.91 Å². The summed E-state index contributed by atoms with van der Waals surface area (Å²) in [5, 5.41) is 12.7. The molecule has 3 rings (SSSR count). The van der Waals surface area contributed by atoms with Crippen molar-refractivity contribution in [3.05, 3.63) is 35.0 Å². The molecule has 1 amide bonds. The van der Waals surface area contributed by atoms with Crippen molar-refractivity contribution in [2.24, 2.45) is 5.92 Å². The maximum absolute atomic E-state index is 12.6. The highest BCUT2D eigenvalue weighted by Gasteiger charge is 2.15. The van der Waals surface area contributed by atoms with Gasteiger partial charge in [-0.1, -0.05) is 37.2 Å². The zero-order valence-corrected chi connectivity index (χ0v) is 19.0. The summed E-state index contributed by atoms with van der Waals surface area (Å²) in [6.07, 6.45) is 3.69. The lowest BCUT2D eigenvalue weighted by atomic mass is 10.2. The van der Waals surface area contributed by atoms with Crippen molar-refractivity contribution < 1.29 is 9.53 Å². The summed E-state index contributed by atoms with van der Waals surface area (Å²) < 4.78 is 7.02. The van der Waals surface area contributed by atoms with Crippen LogP contribution in [0.4, 0.5) is 5.82 Å². The molecule has 0 aliphatic heterocycles. The van der Waals surface area contributed by atoms with E-state index in [0.29, 0.717) is 40.5 Å². The number of hydrogen-bond acceptors (Lipinski definition) is 7. The number of anilines is 1. The summed E-state index contributed by atoms with van der Waals surface area (Å²) in [5.41, 5.74) is 1.12. The molecule has 2 heterocycles. The zero-order chi connectivity index (χ0) is 21.7. The van der Waals surface area contributed by atoms with E-state index in [1.807, 2.05) is 6.26 Å². The van der Waals surface area contributed by atoms with Crippen LogP contribution in [0.2, 0.25) is 5.02 Å². The number of nitrogens with one attached hydrogen (secondary N) is 2. The minimum atomic E-state index is -0.260. The third kappa shape index (κ3) is 5.14. The molecule has 0 aliphatic rings. The number of methoxy groups -OCH3 is 1. The Kier molecular flexibility index (Phi) is 7.38. The number of nitrogens with zero attached hydrogens (tertiary/aromatic N) is 4. The van der Waals surface area contributed by atoms with Gasteiger partial charge in [0.1, 0.15) is 11.6 Å². The Morgan fingerprint density at radius 2 is 2.13 bits per heavy atom. The number of fused-ring (bicyclic) bond motifs is 1. The first-order valence-electron chi connectivity index (χ1n) is 9.56. The first kappa shape index (κ1) is 22.2. The van der Waals surface area contributed by atoms with Crippen molar-refractivity contribution in [2.75, 3.05) is 31.8 Å². The third-order valence-corrected chi connectivity index (χ3v) is 5.13. The van der Waals surface area contributed by atoms with Crippen molar-refractivity contribution in [3.63, 3.8) is 0 Å². The van der Waals surface area contributed by atoms with Crippen LogP contribution in [0, 0.1) is 5.92 Å². The number of hydrogen-bond donors (Lipinski definition) is 2. The minimum Gasteiger partial charge on any atom is -0.496 e. The molecule has 0 atom stereocenters. The van der Waals surface area contributed by atoms with Gasteiger partial charge in [-0.15, -0.1) is 0 Å². The van der Waals surface area contributed by atoms with Gasteiger partial charge in [-0.25, -0.2) is 14.6 Å². The van der Waals surface area contributed by atoms with E-state index in [1.165, 1.54) is 18.9 Å². The smallest absolute Gasteiger partial charge is 0.255 e. The second-order valence-electron chi connectivity index (χ2n) is 7.04. The highest BCUT2D eigenvalue weighted by molar-refractivity contribution is 7.98. The Morgan fingerprint density at radius 1 is 1.33 bits per heavy atom. The molecule has 1 aromatic carbocycles. The predicted molar refractivity (Wildman–Crippen MR) is 121 cm³/mol. The van der Waals surface area contributed by atoms with E-state index in [2.05, 4.69) is 39.5 Å². The molecule has 0 aliphatic carbocycles. The zero-order valence-electron chi connectivity index (χ0n) is 17.4.